The number of anilines is 1. The first kappa shape index (κ1) is 24.7. The predicted molar refractivity (Wildman–Crippen MR) is 137 cm³/mol. The van der Waals surface area contributed by atoms with Crippen LogP contribution in [0, 0.1) is 5.82 Å². The molecule has 9 nitrogen and oxygen atoms in total. The number of morpholine rings is 1. The van der Waals surface area contributed by atoms with E-state index in [-0.39, 0.29) is 17.4 Å². The molecule has 0 unspecified atom stereocenters. The van der Waals surface area contributed by atoms with Crippen LogP contribution in [-0.2, 0) is 25.7 Å². The molecule has 190 valence electrons. The Labute approximate surface area is 215 Å². The number of thioether (sulfide) groups is 1. The molecule has 2 aromatic carbocycles. The molecule has 1 aromatic heterocycles. The van der Waals surface area contributed by atoms with Crippen molar-refractivity contribution in [2.75, 3.05) is 38.2 Å². The number of ether oxygens (including phenoxy) is 1. The van der Waals surface area contributed by atoms with Gasteiger partial charge in [0.05, 0.1) is 18.1 Å². The third-order valence-electron chi connectivity index (χ3n) is 6.08. The van der Waals surface area contributed by atoms with Gasteiger partial charge in [-0.15, -0.1) is 0 Å². The Hall–Kier alpha value is -3.96. The second-order valence-electron chi connectivity index (χ2n) is 8.55. The van der Waals surface area contributed by atoms with Gasteiger partial charge in [-0.1, -0.05) is 18.2 Å². The number of nitrogens with zero attached hydrogens (tertiary/aromatic N) is 3. The maximum atomic E-state index is 13.1. The van der Waals surface area contributed by atoms with Crippen LogP contribution in [0.4, 0.5) is 14.9 Å². The van der Waals surface area contributed by atoms with Gasteiger partial charge >= 0.3 is 0 Å². The van der Waals surface area contributed by atoms with Gasteiger partial charge in [0.1, 0.15) is 18.9 Å². The van der Waals surface area contributed by atoms with Crippen LogP contribution in [0.1, 0.15) is 5.56 Å². The highest BCUT2D eigenvalue weighted by Crippen LogP contribution is 2.34. The number of benzene rings is 2. The molecule has 0 aliphatic carbocycles. The van der Waals surface area contributed by atoms with Crippen molar-refractivity contribution in [2.45, 2.75) is 6.54 Å². The van der Waals surface area contributed by atoms with E-state index in [4.69, 9.17) is 4.74 Å². The van der Waals surface area contributed by atoms with Crippen LogP contribution in [0.2, 0.25) is 0 Å². The Kier molecular flexibility index (Phi) is 7.06. The van der Waals surface area contributed by atoms with E-state index < -0.39 is 29.4 Å². The number of fused-ring (bicyclic) bond motifs is 1. The SMILES string of the molecule is O=C(CN1C(=O)S/C(=C\c2cn(CC(=O)N3CCOCC3)c3ccccc23)C1=O)Nc1ccc(F)cc1. The van der Waals surface area contributed by atoms with Gasteiger partial charge in [-0.25, -0.2) is 4.39 Å². The molecule has 3 aromatic rings. The molecule has 0 saturated carbocycles. The lowest BCUT2D eigenvalue weighted by Crippen LogP contribution is -2.42. The van der Waals surface area contributed by atoms with Crippen LogP contribution in [0.3, 0.4) is 0 Å². The van der Waals surface area contributed by atoms with Gasteiger partial charge in [0.15, 0.2) is 0 Å². The van der Waals surface area contributed by atoms with Gasteiger partial charge in [0, 0.05) is 41.4 Å². The van der Waals surface area contributed by atoms with Gasteiger partial charge in [0.2, 0.25) is 11.8 Å². The number of amides is 4. The molecule has 2 fully saturated rings. The van der Waals surface area contributed by atoms with Crippen LogP contribution in [0.15, 0.2) is 59.6 Å². The molecule has 1 N–H and O–H groups in total. The molecular formula is C26H23FN4O5S. The normalized spacial score (nSPS) is 17.2. The maximum absolute atomic E-state index is 13.1. The van der Waals surface area contributed by atoms with E-state index in [1.54, 1.807) is 17.2 Å². The fraction of sp³-hybridized carbons (Fsp3) is 0.231. The maximum Gasteiger partial charge on any atom is 0.294 e. The predicted octanol–water partition coefficient (Wildman–Crippen LogP) is 3.31. The molecule has 5 rings (SSSR count). The molecule has 3 heterocycles. The molecule has 4 amide bonds. The standard InChI is InChI=1S/C26H23FN4O5S/c27-18-5-7-19(8-6-18)28-23(32)15-31-25(34)22(37-26(31)35)13-17-14-30(21-4-2-1-3-20(17)21)16-24(33)29-9-11-36-12-10-29/h1-8,13-14H,9-12,15-16H2,(H,28,32)/b22-13-. The number of aromatic nitrogens is 1. The summed E-state index contributed by atoms with van der Waals surface area (Å²) >= 11 is 0.752. The van der Waals surface area contributed by atoms with Crippen molar-refractivity contribution in [3.63, 3.8) is 0 Å². The molecule has 2 aliphatic rings. The number of halogens is 1. The summed E-state index contributed by atoms with van der Waals surface area (Å²) < 4.78 is 20.2. The Bertz CT molecular complexity index is 1410. The smallest absolute Gasteiger partial charge is 0.294 e. The van der Waals surface area contributed by atoms with E-state index >= 15 is 0 Å². The Balaban J connectivity index is 1.33. The molecule has 37 heavy (non-hydrogen) atoms. The minimum absolute atomic E-state index is 0.0249. The fourth-order valence-electron chi connectivity index (χ4n) is 4.23. The average molecular weight is 523 g/mol. The molecule has 2 aliphatic heterocycles. The summed E-state index contributed by atoms with van der Waals surface area (Å²) in [6, 6.07) is 12.7. The summed E-state index contributed by atoms with van der Waals surface area (Å²) in [5.74, 6) is -1.62. The third kappa shape index (κ3) is 5.42. The van der Waals surface area contributed by atoms with Crippen molar-refractivity contribution < 1.29 is 28.3 Å². The number of carbonyl (C=O) groups is 4. The molecule has 2 saturated heterocycles. The molecule has 0 bridgehead atoms. The highest BCUT2D eigenvalue weighted by molar-refractivity contribution is 8.18. The Morgan fingerprint density at radius 2 is 1.76 bits per heavy atom. The van der Waals surface area contributed by atoms with Crippen molar-refractivity contribution in [3.8, 4) is 0 Å². The number of rotatable bonds is 6. The van der Waals surface area contributed by atoms with Gasteiger partial charge < -0.3 is 19.5 Å². The van der Waals surface area contributed by atoms with E-state index in [9.17, 15) is 23.6 Å². The second-order valence-corrected chi connectivity index (χ2v) is 9.54. The Morgan fingerprint density at radius 1 is 1.03 bits per heavy atom. The number of imide groups is 1. The van der Waals surface area contributed by atoms with Crippen molar-refractivity contribution in [3.05, 3.63) is 71.0 Å². The largest absolute Gasteiger partial charge is 0.378 e. The molecule has 0 spiro atoms. The monoisotopic (exact) mass is 522 g/mol. The summed E-state index contributed by atoms with van der Waals surface area (Å²) in [6.45, 7) is 1.80. The van der Waals surface area contributed by atoms with Crippen LogP contribution in [0.25, 0.3) is 17.0 Å². The van der Waals surface area contributed by atoms with E-state index in [0.717, 1.165) is 27.6 Å². The second kappa shape index (κ2) is 10.6. The van der Waals surface area contributed by atoms with E-state index in [2.05, 4.69) is 5.32 Å². The number of hydrogen-bond acceptors (Lipinski definition) is 6. The Morgan fingerprint density at radius 3 is 2.51 bits per heavy atom. The number of para-hydroxylation sites is 1. The van der Waals surface area contributed by atoms with Gasteiger partial charge in [-0.3, -0.25) is 24.1 Å². The quantitative estimate of drug-likeness (QED) is 0.499. The molecule has 0 radical (unpaired) electrons. The van der Waals surface area contributed by atoms with Gasteiger partial charge in [-0.05, 0) is 48.2 Å². The first-order chi connectivity index (χ1) is 17.9. The summed E-state index contributed by atoms with van der Waals surface area (Å²) in [4.78, 5) is 53.6. The lowest BCUT2D eigenvalue weighted by atomic mass is 10.1. The van der Waals surface area contributed by atoms with Crippen LogP contribution in [-0.4, -0.2) is 70.2 Å². The summed E-state index contributed by atoms with van der Waals surface area (Å²) in [5.41, 5.74) is 1.87. The third-order valence-corrected chi connectivity index (χ3v) is 6.99. The van der Waals surface area contributed by atoms with Crippen LogP contribution >= 0.6 is 11.8 Å². The number of hydrogen-bond donors (Lipinski definition) is 1. The number of carbonyl (C=O) groups excluding carboxylic acids is 4. The van der Waals surface area contributed by atoms with Crippen LogP contribution in [0.5, 0.6) is 0 Å². The first-order valence-electron chi connectivity index (χ1n) is 11.6. The lowest BCUT2D eigenvalue weighted by Gasteiger charge is -2.27. The minimum atomic E-state index is -0.578. The molecule has 11 heteroatoms. The van der Waals surface area contributed by atoms with Crippen molar-refractivity contribution in [1.29, 1.82) is 0 Å². The molecule has 0 atom stereocenters. The number of nitrogens with one attached hydrogen (secondary N) is 1. The zero-order chi connectivity index (χ0) is 25.9. The zero-order valence-corrected chi connectivity index (χ0v) is 20.5. The van der Waals surface area contributed by atoms with Crippen molar-refractivity contribution in [2.24, 2.45) is 0 Å². The van der Waals surface area contributed by atoms with Crippen LogP contribution < -0.4 is 5.32 Å². The van der Waals surface area contributed by atoms with Gasteiger partial charge in [-0.2, -0.15) is 0 Å². The van der Waals surface area contributed by atoms with E-state index in [1.165, 1.54) is 24.3 Å². The van der Waals surface area contributed by atoms with E-state index in [0.29, 0.717) is 37.6 Å². The first-order valence-corrected chi connectivity index (χ1v) is 12.4. The van der Waals surface area contributed by atoms with E-state index in [1.807, 2.05) is 28.8 Å². The zero-order valence-electron chi connectivity index (χ0n) is 19.7. The lowest BCUT2D eigenvalue weighted by molar-refractivity contribution is -0.135. The summed E-state index contributed by atoms with van der Waals surface area (Å²) in [6.07, 6.45) is 3.40. The van der Waals surface area contributed by atoms with Crippen molar-refractivity contribution in [1.82, 2.24) is 14.4 Å². The van der Waals surface area contributed by atoms with Gasteiger partial charge in [0.25, 0.3) is 11.1 Å². The fourth-order valence-corrected chi connectivity index (χ4v) is 5.06. The summed E-state index contributed by atoms with van der Waals surface area (Å²) in [7, 11) is 0. The molecular weight excluding hydrogens is 499 g/mol. The minimum Gasteiger partial charge on any atom is -0.378 e. The van der Waals surface area contributed by atoms with Crippen molar-refractivity contribution >= 4 is 57.4 Å². The highest BCUT2D eigenvalue weighted by atomic mass is 32.2. The average Bonchev–Trinajstić information content (AvgIpc) is 3.37. The summed E-state index contributed by atoms with van der Waals surface area (Å²) in [5, 5.41) is 2.82. The topological polar surface area (TPSA) is 101 Å². The highest BCUT2D eigenvalue weighted by Gasteiger charge is 2.36.